The first-order valence-corrected chi connectivity index (χ1v) is 14.6. The van der Waals surface area contributed by atoms with Crippen molar-refractivity contribution in [1.82, 2.24) is 5.32 Å². The van der Waals surface area contributed by atoms with Crippen LogP contribution in [0.4, 0.5) is 0 Å². The number of unbranched alkanes of at least 4 members (excludes halogenated alkanes) is 11. The van der Waals surface area contributed by atoms with E-state index in [4.69, 9.17) is 4.52 Å². The molecule has 7 nitrogen and oxygen atoms in total. The van der Waals surface area contributed by atoms with E-state index in [2.05, 4.69) is 12.2 Å². The quantitative estimate of drug-likeness (QED) is 0.108. The molecule has 0 heterocycles. The van der Waals surface area contributed by atoms with Gasteiger partial charge in [0.05, 0.1) is 52.6 Å². The van der Waals surface area contributed by atoms with Gasteiger partial charge in [0, 0.05) is 6.92 Å². The Morgan fingerprint density at radius 2 is 1.55 bits per heavy atom. The molecule has 0 aromatic heterocycles. The van der Waals surface area contributed by atoms with Crippen molar-refractivity contribution in [3.05, 3.63) is 12.2 Å². The van der Waals surface area contributed by atoms with Gasteiger partial charge in [0.15, 0.2) is 0 Å². The third-order valence-corrected chi connectivity index (χ3v) is 6.89. The predicted octanol–water partition coefficient (Wildman–Crippen LogP) is 4.39. The summed E-state index contributed by atoms with van der Waals surface area (Å²) >= 11 is 0. The maximum absolute atomic E-state index is 12.2. The van der Waals surface area contributed by atoms with Gasteiger partial charge in [0.2, 0.25) is 5.91 Å². The van der Waals surface area contributed by atoms with Gasteiger partial charge in [-0.05, 0) is 12.8 Å². The first kappa shape index (κ1) is 32.3. The van der Waals surface area contributed by atoms with Crippen molar-refractivity contribution in [2.24, 2.45) is 0 Å². The number of rotatable bonds is 21. The van der Waals surface area contributed by atoms with Gasteiger partial charge in [0.1, 0.15) is 7.60 Å². The topological polar surface area (TPSA) is 98.7 Å². The van der Waals surface area contributed by atoms with Gasteiger partial charge >= 0.3 is 0 Å². The molecule has 0 saturated heterocycles. The average Bonchev–Trinajstić information content (AvgIpc) is 2.72. The molecular weight excluding hydrogens is 439 g/mol. The van der Waals surface area contributed by atoms with Gasteiger partial charge in [-0.25, -0.2) is 0 Å². The molecule has 0 aromatic carbocycles. The maximum Gasteiger partial charge on any atom is 0.217 e. The van der Waals surface area contributed by atoms with Crippen LogP contribution in [-0.4, -0.2) is 68.1 Å². The molecule has 1 unspecified atom stereocenters. The SMILES string of the molecule is CCCCCCCCCCCCC/C=C/[C@@H](O)[C@H](COP(=O)([O-])CC[N+](C)(C)C)NC(C)=O. The number of amides is 1. The molecule has 1 amide bonds. The highest BCUT2D eigenvalue weighted by Gasteiger charge is 2.22. The summed E-state index contributed by atoms with van der Waals surface area (Å²) in [5.41, 5.74) is 0. The molecule has 0 aliphatic carbocycles. The van der Waals surface area contributed by atoms with Crippen molar-refractivity contribution in [1.29, 1.82) is 0 Å². The molecular formula is C25H51N2O5P. The number of quaternary nitrogens is 1. The number of aliphatic hydroxyl groups excluding tert-OH is 1. The number of hydrogen-bond acceptors (Lipinski definition) is 5. The molecule has 0 rings (SSSR count). The van der Waals surface area contributed by atoms with Crippen LogP contribution in [0.25, 0.3) is 0 Å². The van der Waals surface area contributed by atoms with E-state index in [0.29, 0.717) is 11.0 Å². The highest BCUT2D eigenvalue weighted by molar-refractivity contribution is 7.51. The first-order valence-electron chi connectivity index (χ1n) is 12.8. The fourth-order valence-electron chi connectivity index (χ4n) is 3.46. The van der Waals surface area contributed by atoms with Gasteiger partial charge in [0.25, 0.3) is 0 Å². The fraction of sp³-hybridized carbons (Fsp3) is 0.880. The molecule has 0 aliphatic heterocycles. The number of hydrogen-bond donors (Lipinski definition) is 2. The molecule has 0 saturated carbocycles. The second-order valence-electron chi connectivity index (χ2n) is 10.2. The van der Waals surface area contributed by atoms with E-state index in [1.807, 2.05) is 27.2 Å². The molecule has 3 atom stereocenters. The Balaban J connectivity index is 4.16. The van der Waals surface area contributed by atoms with Crippen LogP contribution in [-0.2, 0) is 13.9 Å². The summed E-state index contributed by atoms with van der Waals surface area (Å²) in [6.45, 7) is 3.73. The second-order valence-corrected chi connectivity index (χ2v) is 12.1. The normalized spacial score (nSPS) is 16.0. The van der Waals surface area contributed by atoms with Gasteiger partial charge < -0.3 is 28.9 Å². The van der Waals surface area contributed by atoms with Crippen molar-refractivity contribution in [2.45, 2.75) is 103 Å². The minimum absolute atomic E-state index is 0.0892. The lowest BCUT2D eigenvalue weighted by molar-refractivity contribution is -0.868. The van der Waals surface area contributed by atoms with Crippen molar-refractivity contribution >= 4 is 13.5 Å². The lowest BCUT2D eigenvalue weighted by Gasteiger charge is -2.31. The van der Waals surface area contributed by atoms with E-state index in [1.165, 1.54) is 71.1 Å². The predicted molar refractivity (Wildman–Crippen MR) is 135 cm³/mol. The van der Waals surface area contributed by atoms with Crippen molar-refractivity contribution in [2.75, 3.05) is 40.5 Å². The summed E-state index contributed by atoms with van der Waals surface area (Å²) in [4.78, 5) is 23.6. The number of carbonyl (C=O) groups excluding carboxylic acids is 1. The smallest absolute Gasteiger partial charge is 0.217 e. The molecule has 0 bridgehead atoms. The lowest BCUT2D eigenvalue weighted by atomic mass is 10.0. The molecule has 2 N–H and O–H groups in total. The largest absolute Gasteiger partial charge is 0.778 e. The van der Waals surface area contributed by atoms with Gasteiger partial charge in [-0.15, -0.1) is 0 Å². The molecule has 0 spiro atoms. The summed E-state index contributed by atoms with van der Waals surface area (Å²) < 4.78 is 17.8. The Morgan fingerprint density at radius 3 is 2.03 bits per heavy atom. The zero-order valence-corrected chi connectivity index (χ0v) is 22.8. The number of nitrogens with one attached hydrogen (secondary N) is 1. The van der Waals surface area contributed by atoms with E-state index in [-0.39, 0.29) is 18.7 Å². The van der Waals surface area contributed by atoms with E-state index < -0.39 is 19.7 Å². The van der Waals surface area contributed by atoms with Crippen LogP contribution in [0.15, 0.2) is 12.2 Å². The Hall–Kier alpha value is -0.720. The third-order valence-electron chi connectivity index (χ3n) is 5.60. The molecule has 196 valence electrons. The standard InChI is InChI=1S/C25H51N2O5P/c1-6-7-8-9-10-11-12-13-14-15-16-17-18-19-25(29)24(26-23(2)28)22-32-33(30,31)21-20-27(3,4)5/h18-19,24-25,29H,6-17,20-22H2,1-5H3,(H-,26,28,30,31)/b19-18+/t24-,25+/m0/s1. The molecule has 0 aliphatic rings. The first-order chi connectivity index (χ1) is 15.5. The molecule has 8 heteroatoms. The number of carbonyl (C=O) groups is 1. The van der Waals surface area contributed by atoms with E-state index in [0.717, 1.165) is 12.8 Å². The summed E-state index contributed by atoms with van der Waals surface area (Å²) in [7, 11) is 1.68. The second kappa shape index (κ2) is 18.6. The lowest BCUT2D eigenvalue weighted by Crippen LogP contribution is -2.45. The zero-order valence-electron chi connectivity index (χ0n) is 21.9. The van der Waals surface area contributed by atoms with Crippen molar-refractivity contribution in [3.63, 3.8) is 0 Å². The number of nitrogens with zero attached hydrogens (tertiary/aromatic N) is 1. The molecule has 0 aromatic rings. The van der Waals surface area contributed by atoms with Crippen LogP contribution >= 0.6 is 7.60 Å². The average molecular weight is 491 g/mol. The summed E-state index contributed by atoms with van der Waals surface area (Å²) in [5.74, 6) is -0.339. The minimum atomic E-state index is -4.04. The summed E-state index contributed by atoms with van der Waals surface area (Å²) in [6.07, 6.45) is 17.5. The molecule has 0 fully saturated rings. The number of allylic oxidation sites excluding steroid dienone is 1. The summed E-state index contributed by atoms with van der Waals surface area (Å²) in [6, 6.07) is -0.803. The highest BCUT2D eigenvalue weighted by Crippen LogP contribution is 2.37. The molecule has 0 radical (unpaired) electrons. The van der Waals surface area contributed by atoms with Crippen LogP contribution in [0.1, 0.15) is 90.9 Å². The highest BCUT2D eigenvalue weighted by atomic mass is 31.2. The van der Waals surface area contributed by atoms with E-state index in [1.54, 1.807) is 6.08 Å². The van der Waals surface area contributed by atoms with E-state index in [9.17, 15) is 19.4 Å². The summed E-state index contributed by atoms with van der Waals surface area (Å²) in [5, 5.41) is 13.0. The van der Waals surface area contributed by atoms with Gasteiger partial charge in [-0.2, -0.15) is 0 Å². The van der Waals surface area contributed by atoms with Crippen LogP contribution in [0.5, 0.6) is 0 Å². The van der Waals surface area contributed by atoms with Crippen LogP contribution in [0.3, 0.4) is 0 Å². The Kier molecular flexibility index (Phi) is 18.2. The monoisotopic (exact) mass is 490 g/mol. The zero-order chi connectivity index (χ0) is 25.2. The van der Waals surface area contributed by atoms with Crippen LogP contribution < -0.4 is 10.2 Å². The van der Waals surface area contributed by atoms with Crippen molar-refractivity contribution < 1.29 is 28.4 Å². The van der Waals surface area contributed by atoms with Gasteiger partial charge in [-0.3, -0.25) is 4.79 Å². The Morgan fingerprint density at radius 1 is 1.03 bits per heavy atom. The maximum atomic E-state index is 12.2. The van der Waals surface area contributed by atoms with E-state index >= 15 is 0 Å². The van der Waals surface area contributed by atoms with Crippen LogP contribution in [0, 0.1) is 0 Å². The minimum Gasteiger partial charge on any atom is -0.778 e. The van der Waals surface area contributed by atoms with Crippen molar-refractivity contribution in [3.8, 4) is 0 Å². The Labute approximate surface area is 203 Å². The fourth-order valence-corrected chi connectivity index (χ4v) is 4.83. The van der Waals surface area contributed by atoms with Crippen LogP contribution in [0.2, 0.25) is 0 Å². The van der Waals surface area contributed by atoms with Gasteiger partial charge in [-0.1, -0.05) is 83.3 Å². The third kappa shape index (κ3) is 21.5. The Bertz CT molecular complexity index is 578. The molecule has 33 heavy (non-hydrogen) atoms. The number of aliphatic hydroxyl groups is 1.